The second kappa shape index (κ2) is 5.46. The van der Waals surface area contributed by atoms with Crippen molar-refractivity contribution in [2.45, 2.75) is 25.6 Å². The van der Waals surface area contributed by atoms with Crippen molar-refractivity contribution >= 4 is 12.4 Å². The minimum Gasteiger partial charge on any atom is -0.445 e. The summed E-state index contributed by atoms with van der Waals surface area (Å²) in [5, 5.41) is 10.4. The maximum Gasteiger partial charge on any atom is 0.416 e. The number of aryl methyl sites for hydroxylation is 1. The number of rotatable bonds is 2. The van der Waals surface area contributed by atoms with Gasteiger partial charge in [-0.15, -0.1) is 12.4 Å². The van der Waals surface area contributed by atoms with E-state index in [0.717, 1.165) is 12.5 Å². The quantitative estimate of drug-likeness (QED) is 0.920. The normalized spacial score (nSPS) is 14.5. The zero-order valence-corrected chi connectivity index (χ0v) is 11.5. The molecule has 1 aromatic heterocycles. The summed E-state index contributed by atoms with van der Waals surface area (Å²) in [7, 11) is 0. The van der Waals surface area contributed by atoms with Crippen LogP contribution in [0.3, 0.4) is 0 Å². The molecule has 1 unspecified atom stereocenters. The fraction of sp³-hybridized carbons (Fsp3) is 0.308. The molecular formula is C13H13ClF3NO2. The molecule has 1 atom stereocenters. The fourth-order valence-electron chi connectivity index (χ4n) is 2.05. The Morgan fingerprint density at radius 1 is 1.15 bits per heavy atom. The van der Waals surface area contributed by atoms with E-state index in [-0.39, 0.29) is 23.7 Å². The molecule has 1 heterocycles. The summed E-state index contributed by atoms with van der Waals surface area (Å²) in [6, 6.07) is 4.86. The van der Waals surface area contributed by atoms with Crippen LogP contribution in [0.25, 0.3) is 0 Å². The Hall–Kier alpha value is -1.53. The van der Waals surface area contributed by atoms with E-state index in [2.05, 4.69) is 4.98 Å². The van der Waals surface area contributed by atoms with Crippen LogP contribution < -0.4 is 0 Å². The minimum atomic E-state index is -4.55. The SMILES string of the molecule is Cc1ncoc1C(C)(O)c1ccccc1C(F)(F)F.Cl. The van der Waals surface area contributed by atoms with E-state index in [0.29, 0.717) is 5.69 Å². The lowest BCUT2D eigenvalue weighted by Gasteiger charge is -2.25. The third-order valence-electron chi connectivity index (χ3n) is 2.94. The van der Waals surface area contributed by atoms with Crippen LogP contribution in [0.5, 0.6) is 0 Å². The van der Waals surface area contributed by atoms with Gasteiger partial charge in [0.05, 0.1) is 11.3 Å². The Kier molecular flexibility index (Phi) is 4.51. The summed E-state index contributed by atoms with van der Waals surface area (Å²) in [4.78, 5) is 3.79. The molecule has 110 valence electrons. The van der Waals surface area contributed by atoms with Crippen LogP contribution in [-0.2, 0) is 11.8 Å². The molecule has 0 amide bonds. The van der Waals surface area contributed by atoms with Crippen molar-refractivity contribution in [1.29, 1.82) is 0 Å². The number of aromatic nitrogens is 1. The van der Waals surface area contributed by atoms with Gasteiger partial charge in [-0.05, 0) is 19.9 Å². The number of hydrogen-bond acceptors (Lipinski definition) is 3. The molecule has 0 aliphatic heterocycles. The number of aliphatic hydroxyl groups is 1. The van der Waals surface area contributed by atoms with Gasteiger partial charge in [-0.1, -0.05) is 18.2 Å². The monoisotopic (exact) mass is 307 g/mol. The molecule has 0 aliphatic rings. The molecule has 0 aliphatic carbocycles. The van der Waals surface area contributed by atoms with Crippen molar-refractivity contribution in [2.75, 3.05) is 0 Å². The third-order valence-corrected chi connectivity index (χ3v) is 2.94. The van der Waals surface area contributed by atoms with Gasteiger partial charge in [0.15, 0.2) is 12.2 Å². The average molecular weight is 308 g/mol. The third kappa shape index (κ3) is 2.81. The largest absolute Gasteiger partial charge is 0.445 e. The summed E-state index contributed by atoms with van der Waals surface area (Å²) in [6.07, 6.45) is -3.45. The van der Waals surface area contributed by atoms with Gasteiger partial charge in [-0.25, -0.2) is 4.98 Å². The van der Waals surface area contributed by atoms with E-state index in [9.17, 15) is 18.3 Å². The molecule has 20 heavy (non-hydrogen) atoms. The molecule has 0 radical (unpaired) electrons. The van der Waals surface area contributed by atoms with Gasteiger partial charge < -0.3 is 9.52 Å². The second-order valence-electron chi connectivity index (χ2n) is 4.38. The van der Waals surface area contributed by atoms with E-state index in [1.54, 1.807) is 6.92 Å². The number of hydrogen-bond donors (Lipinski definition) is 1. The number of alkyl halides is 3. The van der Waals surface area contributed by atoms with Gasteiger partial charge in [0, 0.05) is 5.56 Å². The molecular weight excluding hydrogens is 295 g/mol. The first kappa shape index (κ1) is 16.5. The average Bonchev–Trinajstić information content (AvgIpc) is 2.75. The smallest absolute Gasteiger partial charge is 0.416 e. The predicted octanol–water partition coefficient (Wildman–Crippen LogP) is 3.68. The molecule has 3 nitrogen and oxygen atoms in total. The maximum absolute atomic E-state index is 13.0. The summed E-state index contributed by atoms with van der Waals surface area (Å²) in [6.45, 7) is 2.81. The maximum atomic E-state index is 13.0. The standard InChI is InChI=1S/C13H12F3NO2.ClH/c1-8-11(19-7-17-8)12(2,18)9-5-3-4-6-10(9)13(14,15)16;/h3-7,18H,1-2H3;1H. The van der Waals surface area contributed by atoms with Crippen LogP contribution in [-0.4, -0.2) is 10.1 Å². The number of halogens is 4. The molecule has 7 heteroatoms. The van der Waals surface area contributed by atoms with Gasteiger partial charge in [-0.3, -0.25) is 0 Å². The van der Waals surface area contributed by atoms with Crippen molar-refractivity contribution in [3.8, 4) is 0 Å². The summed E-state index contributed by atoms with van der Waals surface area (Å²) in [5.41, 5.74) is -2.70. The Morgan fingerprint density at radius 2 is 1.70 bits per heavy atom. The molecule has 0 fully saturated rings. The van der Waals surface area contributed by atoms with Crippen molar-refractivity contribution in [3.05, 3.63) is 53.2 Å². The molecule has 0 saturated carbocycles. The number of benzene rings is 1. The van der Waals surface area contributed by atoms with Gasteiger partial charge >= 0.3 is 6.18 Å². The van der Waals surface area contributed by atoms with Crippen LogP contribution in [0.2, 0.25) is 0 Å². The van der Waals surface area contributed by atoms with E-state index < -0.39 is 17.3 Å². The van der Waals surface area contributed by atoms with Crippen LogP contribution in [0.4, 0.5) is 13.2 Å². The topological polar surface area (TPSA) is 46.3 Å². The van der Waals surface area contributed by atoms with E-state index in [1.807, 2.05) is 0 Å². The lowest BCUT2D eigenvalue weighted by Crippen LogP contribution is -2.27. The summed E-state index contributed by atoms with van der Waals surface area (Å²) < 4.78 is 43.9. The van der Waals surface area contributed by atoms with Crippen molar-refractivity contribution in [2.24, 2.45) is 0 Å². The number of oxazole rings is 1. The highest BCUT2D eigenvalue weighted by Crippen LogP contribution is 2.39. The van der Waals surface area contributed by atoms with Crippen LogP contribution in [0, 0.1) is 6.92 Å². The number of nitrogens with zero attached hydrogens (tertiary/aromatic N) is 1. The first-order chi connectivity index (χ1) is 8.74. The molecule has 1 aromatic carbocycles. The van der Waals surface area contributed by atoms with E-state index in [4.69, 9.17) is 4.42 Å². The molecule has 0 bridgehead atoms. The van der Waals surface area contributed by atoms with Gasteiger partial charge in [-0.2, -0.15) is 13.2 Å². The summed E-state index contributed by atoms with van der Waals surface area (Å²) >= 11 is 0. The van der Waals surface area contributed by atoms with Crippen molar-refractivity contribution < 1.29 is 22.7 Å². The Balaban J connectivity index is 0.00000200. The second-order valence-corrected chi connectivity index (χ2v) is 4.38. The van der Waals surface area contributed by atoms with Crippen LogP contribution >= 0.6 is 12.4 Å². The Bertz CT molecular complexity index is 593. The van der Waals surface area contributed by atoms with Gasteiger partial charge in [0.1, 0.15) is 5.60 Å². The zero-order valence-electron chi connectivity index (χ0n) is 10.7. The highest BCUT2D eigenvalue weighted by molar-refractivity contribution is 5.85. The molecule has 1 N–H and O–H groups in total. The first-order valence-corrected chi connectivity index (χ1v) is 5.54. The summed E-state index contributed by atoms with van der Waals surface area (Å²) in [5.74, 6) is 0.00389. The van der Waals surface area contributed by atoms with Crippen LogP contribution in [0.15, 0.2) is 35.1 Å². The van der Waals surface area contributed by atoms with Gasteiger partial charge in [0.2, 0.25) is 0 Å². The lowest BCUT2D eigenvalue weighted by atomic mass is 9.88. The minimum absolute atomic E-state index is 0. The van der Waals surface area contributed by atoms with E-state index >= 15 is 0 Å². The lowest BCUT2D eigenvalue weighted by molar-refractivity contribution is -0.140. The molecule has 2 aromatic rings. The fourth-order valence-corrected chi connectivity index (χ4v) is 2.05. The highest BCUT2D eigenvalue weighted by Gasteiger charge is 2.41. The van der Waals surface area contributed by atoms with Crippen molar-refractivity contribution in [3.63, 3.8) is 0 Å². The highest BCUT2D eigenvalue weighted by atomic mass is 35.5. The molecule has 2 rings (SSSR count). The van der Waals surface area contributed by atoms with Gasteiger partial charge in [0.25, 0.3) is 0 Å². The van der Waals surface area contributed by atoms with Crippen LogP contribution in [0.1, 0.15) is 29.5 Å². The van der Waals surface area contributed by atoms with Crippen molar-refractivity contribution in [1.82, 2.24) is 4.98 Å². The molecule has 0 spiro atoms. The zero-order chi connectivity index (χ0) is 14.3. The first-order valence-electron chi connectivity index (χ1n) is 5.54. The molecule has 0 saturated heterocycles. The van der Waals surface area contributed by atoms with E-state index in [1.165, 1.54) is 25.1 Å². The Labute approximate surface area is 119 Å². The predicted molar refractivity (Wildman–Crippen MR) is 68.6 cm³/mol. The Morgan fingerprint density at radius 3 is 2.15 bits per heavy atom.